The maximum atomic E-state index is 12.3. The molecule has 1 unspecified atom stereocenters. The van der Waals surface area contributed by atoms with Crippen LogP contribution in [0.4, 0.5) is 11.6 Å². The van der Waals surface area contributed by atoms with Crippen molar-refractivity contribution in [1.82, 2.24) is 25.5 Å². The molecule has 2 heterocycles. The van der Waals surface area contributed by atoms with Gasteiger partial charge in [-0.15, -0.1) is 10.2 Å². The van der Waals surface area contributed by atoms with Gasteiger partial charge in [0.1, 0.15) is 6.04 Å². The zero-order valence-electron chi connectivity index (χ0n) is 13.2. The van der Waals surface area contributed by atoms with Crippen molar-refractivity contribution in [2.24, 2.45) is 0 Å². The number of carbonyl (C=O) groups is 1. The van der Waals surface area contributed by atoms with Crippen LogP contribution < -0.4 is 10.6 Å². The number of anilines is 2. The lowest BCUT2D eigenvalue weighted by molar-refractivity contribution is 0.0934. The summed E-state index contributed by atoms with van der Waals surface area (Å²) in [7, 11) is 0. The van der Waals surface area contributed by atoms with E-state index in [0.717, 1.165) is 5.69 Å². The van der Waals surface area contributed by atoms with E-state index < -0.39 is 0 Å². The fraction of sp³-hybridized carbons (Fsp3) is 0.188. The van der Waals surface area contributed by atoms with Crippen molar-refractivity contribution >= 4 is 17.5 Å². The lowest BCUT2D eigenvalue weighted by Crippen LogP contribution is -2.26. The molecule has 0 radical (unpaired) electrons. The third-order valence-electron chi connectivity index (χ3n) is 3.23. The van der Waals surface area contributed by atoms with Crippen molar-refractivity contribution in [3.8, 4) is 0 Å². The molecule has 0 bridgehead atoms. The number of aryl methyl sites for hydroxylation is 1. The lowest BCUT2D eigenvalue weighted by Gasteiger charge is -2.10. The van der Waals surface area contributed by atoms with Crippen molar-refractivity contribution < 1.29 is 9.21 Å². The summed E-state index contributed by atoms with van der Waals surface area (Å²) >= 11 is 0. The van der Waals surface area contributed by atoms with Gasteiger partial charge in [-0.05, 0) is 37.3 Å². The molecule has 8 nitrogen and oxygen atoms in total. The van der Waals surface area contributed by atoms with E-state index in [1.807, 2.05) is 0 Å². The summed E-state index contributed by atoms with van der Waals surface area (Å²) in [6.45, 7) is 3.49. The van der Waals surface area contributed by atoms with Gasteiger partial charge < -0.3 is 15.1 Å². The van der Waals surface area contributed by atoms with E-state index in [1.54, 1.807) is 56.6 Å². The number of carbonyl (C=O) groups excluding carboxylic acids is 1. The number of nitrogens with zero attached hydrogens (tertiary/aromatic N) is 4. The van der Waals surface area contributed by atoms with Crippen molar-refractivity contribution in [3.63, 3.8) is 0 Å². The Balaban J connectivity index is 1.63. The topological polar surface area (TPSA) is 106 Å². The van der Waals surface area contributed by atoms with Gasteiger partial charge in [0, 0.05) is 30.6 Å². The highest BCUT2D eigenvalue weighted by molar-refractivity contribution is 5.94. The van der Waals surface area contributed by atoms with Gasteiger partial charge in [-0.2, -0.15) is 0 Å². The summed E-state index contributed by atoms with van der Waals surface area (Å²) in [4.78, 5) is 20.4. The number of nitrogens with one attached hydrogen (secondary N) is 2. The Morgan fingerprint density at radius 3 is 2.46 bits per heavy atom. The van der Waals surface area contributed by atoms with Crippen LogP contribution in [0, 0.1) is 6.92 Å². The molecule has 8 heteroatoms. The fourth-order valence-electron chi connectivity index (χ4n) is 2.03. The van der Waals surface area contributed by atoms with Crippen molar-refractivity contribution in [1.29, 1.82) is 0 Å². The molecule has 2 aromatic heterocycles. The average molecular weight is 324 g/mol. The van der Waals surface area contributed by atoms with Crippen LogP contribution in [-0.4, -0.2) is 26.1 Å². The maximum absolute atomic E-state index is 12.3. The molecule has 1 amide bonds. The van der Waals surface area contributed by atoms with Crippen LogP contribution in [0.25, 0.3) is 0 Å². The van der Waals surface area contributed by atoms with Crippen LogP contribution >= 0.6 is 0 Å². The van der Waals surface area contributed by atoms with Gasteiger partial charge >= 0.3 is 0 Å². The van der Waals surface area contributed by atoms with E-state index in [9.17, 15) is 4.79 Å². The quantitative estimate of drug-likeness (QED) is 0.742. The van der Waals surface area contributed by atoms with E-state index in [4.69, 9.17) is 4.42 Å². The first-order valence-electron chi connectivity index (χ1n) is 7.37. The Morgan fingerprint density at radius 1 is 1.12 bits per heavy atom. The highest BCUT2D eigenvalue weighted by Gasteiger charge is 2.16. The van der Waals surface area contributed by atoms with Crippen LogP contribution in [0.1, 0.15) is 35.1 Å². The van der Waals surface area contributed by atoms with E-state index in [0.29, 0.717) is 23.3 Å². The largest absolute Gasteiger partial charge is 0.423 e. The third kappa shape index (κ3) is 3.72. The molecule has 3 aromatic rings. The van der Waals surface area contributed by atoms with Crippen molar-refractivity contribution in [2.75, 3.05) is 5.32 Å². The average Bonchev–Trinajstić information content (AvgIpc) is 3.03. The van der Waals surface area contributed by atoms with Gasteiger partial charge in [-0.1, -0.05) is 0 Å². The number of hydrogen-bond donors (Lipinski definition) is 2. The number of hydrogen-bond acceptors (Lipinski definition) is 7. The van der Waals surface area contributed by atoms with Crippen LogP contribution in [0.15, 0.2) is 47.1 Å². The second-order valence-electron chi connectivity index (χ2n) is 5.13. The van der Waals surface area contributed by atoms with Gasteiger partial charge in [0.25, 0.3) is 5.91 Å². The van der Waals surface area contributed by atoms with Crippen molar-refractivity contribution in [3.05, 3.63) is 60.1 Å². The number of amides is 1. The number of benzene rings is 1. The highest BCUT2D eigenvalue weighted by Crippen LogP contribution is 2.15. The number of aromatic nitrogens is 4. The Kier molecular flexibility index (Phi) is 4.46. The van der Waals surface area contributed by atoms with E-state index in [1.165, 1.54) is 0 Å². The second kappa shape index (κ2) is 6.86. The molecule has 2 N–H and O–H groups in total. The molecule has 24 heavy (non-hydrogen) atoms. The minimum atomic E-state index is -0.366. The molecular formula is C16H16N6O2. The molecule has 0 aliphatic heterocycles. The predicted molar refractivity (Wildman–Crippen MR) is 86.7 cm³/mol. The molecule has 3 rings (SSSR count). The molecule has 0 fully saturated rings. The third-order valence-corrected chi connectivity index (χ3v) is 3.23. The predicted octanol–water partition coefficient (Wildman–Crippen LogP) is 2.40. The standard InChI is InChI=1S/C16H16N6O2/c1-10(15-22-21-11(2)24-15)19-14(23)12-4-6-13(7-5-12)20-16-17-8-3-9-18-16/h3-10H,1-2H3,(H,19,23)(H,17,18,20). The van der Waals surface area contributed by atoms with Crippen LogP contribution in [-0.2, 0) is 0 Å². The fourth-order valence-corrected chi connectivity index (χ4v) is 2.03. The second-order valence-corrected chi connectivity index (χ2v) is 5.13. The Hall–Kier alpha value is -3.29. The summed E-state index contributed by atoms with van der Waals surface area (Å²) in [5.41, 5.74) is 1.32. The maximum Gasteiger partial charge on any atom is 0.251 e. The van der Waals surface area contributed by atoms with E-state index >= 15 is 0 Å². The normalized spacial score (nSPS) is 11.8. The van der Waals surface area contributed by atoms with Gasteiger partial charge in [0.15, 0.2) is 0 Å². The first-order chi connectivity index (χ1) is 11.6. The SMILES string of the molecule is Cc1nnc(C(C)NC(=O)c2ccc(Nc3ncccn3)cc2)o1. The molecule has 0 aliphatic rings. The van der Waals surface area contributed by atoms with Crippen LogP contribution in [0.5, 0.6) is 0 Å². The minimum absolute atomic E-state index is 0.221. The molecular weight excluding hydrogens is 308 g/mol. The first-order valence-corrected chi connectivity index (χ1v) is 7.37. The summed E-state index contributed by atoms with van der Waals surface area (Å²) in [6, 6.07) is 8.37. The zero-order valence-corrected chi connectivity index (χ0v) is 13.2. The minimum Gasteiger partial charge on any atom is -0.423 e. The molecule has 1 aromatic carbocycles. The van der Waals surface area contributed by atoms with Crippen LogP contribution in [0.2, 0.25) is 0 Å². The summed E-state index contributed by atoms with van der Waals surface area (Å²) in [5.74, 6) is 1.11. The van der Waals surface area contributed by atoms with Gasteiger partial charge in [-0.25, -0.2) is 9.97 Å². The molecule has 0 saturated carbocycles. The van der Waals surface area contributed by atoms with Crippen LogP contribution in [0.3, 0.4) is 0 Å². The summed E-state index contributed by atoms with van der Waals surface area (Å²) in [6.07, 6.45) is 3.30. The Bertz CT molecular complexity index is 816. The van der Waals surface area contributed by atoms with E-state index in [-0.39, 0.29) is 11.9 Å². The lowest BCUT2D eigenvalue weighted by atomic mass is 10.2. The Morgan fingerprint density at radius 2 is 1.83 bits per heavy atom. The van der Waals surface area contributed by atoms with Gasteiger partial charge in [0.05, 0.1) is 0 Å². The van der Waals surface area contributed by atoms with E-state index in [2.05, 4.69) is 30.8 Å². The highest BCUT2D eigenvalue weighted by atomic mass is 16.4. The number of rotatable bonds is 5. The summed E-state index contributed by atoms with van der Waals surface area (Å²) in [5, 5.41) is 13.5. The molecule has 0 saturated heterocycles. The molecule has 0 aliphatic carbocycles. The Labute approximate surface area is 138 Å². The van der Waals surface area contributed by atoms with Crippen molar-refractivity contribution in [2.45, 2.75) is 19.9 Å². The molecule has 0 spiro atoms. The summed E-state index contributed by atoms with van der Waals surface area (Å²) < 4.78 is 5.31. The zero-order chi connectivity index (χ0) is 16.9. The van der Waals surface area contributed by atoms with Gasteiger partial charge in [-0.3, -0.25) is 4.79 Å². The molecule has 122 valence electrons. The smallest absolute Gasteiger partial charge is 0.251 e. The first kappa shape index (κ1) is 15.6. The molecule has 1 atom stereocenters. The van der Waals surface area contributed by atoms with Gasteiger partial charge in [0.2, 0.25) is 17.7 Å². The monoisotopic (exact) mass is 324 g/mol.